The molecule has 0 radical (unpaired) electrons. The number of methoxy groups -OCH3 is 1. The molecule has 0 amide bonds. The van der Waals surface area contributed by atoms with Crippen LogP contribution in [0.15, 0.2) is 24.3 Å². The van der Waals surface area contributed by atoms with Crippen LogP contribution in [0.3, 0.4) is 0 Å². The molecule has 1 aromatic carbocycles. The molecule has 0 aliphatic rings. The molecule has 1 N–H and O–H groups in total. The van der Waals surface area contributed by atoms with Crippen molar-refractivity contribution in [3.8, 4) is 0 Å². The molecule has 2 nitrogen and oxygen atoms in total. The van der Waals surface area contributed by atoms with Gasteiger partial charge in [-0.3, -0.25) is 0 Å². The van der Waals surface area contributed by atoms with Gasteiger partial charge in [0, 0.05) is 7.11 Å². The molecule has 1 atom stereocenters. The van der Waals surface area contributed by atoms with Crippen molar-refractivity contribution in [2.75, 3.05) is 13.7 Å². The van der Waals surface area contributed by atoms with Gasteiger partial charge in [0.2, 0.25) is 0 Å². The molecule has 0 aromatic heterocycles. The summed E-state index contributed by atoms with van der Waals surface area (Å²) in [7, 11) is 1.40. The summed E-state index contributed by atoms with van der Waals surface area (Å²) in [4.78, 5) is 0. The second kappa shape index (κ2) is 5.28. The van der Waals surface area contributed by atoms with Crippen LogP contribution in [-0.2, 0) is 16.5 Å². The Balaban J connectivity index is 3.22. The Morgan fingerprint density at radius 2 is 1.78 bits per heavy atom. The van der Waals surface area contributed by atoms with E-state index in [1.807, 2.05) is 0 Å². The van der Waals surface area contributed by atoms with Crippen molar-refractivity contribution in [1.29, 1.82) is 0 Å². The fourth-order valence-corrected chi connectivity index (χ4v) is 1.77. The van der Waals surface area contributed by atoms with Gasteiger partial charge in [0.25, 0.3) is 0 Å². The highest BCUT2D eigenvalue weighted by atomic mass is 19.4. The predicted octanol–water partition coefficient (Wildman–Crippen LogP) is 3.20. The van der Waals surface area contributed by atoms with Crippen LogP contribution >= 0.6 is 0 Å². The highest BCUT2D eigenvalue weighted by Gasteiger charge is 2.36. The first-order valence-electron chi connectivity index (χ1n) is 5.61. The summed E-state index contributed by atoms with van der Waals surface area (Å²) in [6.07, 6.45) is -4.42. The van der Waals surface area contributed by atoms with Crippen molar-refractivity contribution in [2.24, 2.45) is 5.92 Å². The lowest BCUT2D eigenvalue weighted by Crippen LogP contribution is -2.37. The largest absolute Gasteiger partial charge is 0.416 e. The Bertz CT molecular complexity index is 401. The van der Waals surface area contributed by atoms with Crippen molar-refractivity contribution < 1.29 is 23.0 Å². The molecule has 0 heterocycles. The monoisotopic (exact) mass is 262 g/mol. The topological polar surface area (TPSA) is 29.5 Å². The van der Waals surface area contributed by atoms with Gasteiger partial charge in [0.05, 0.1) is 12.2 Å². The Morgan fingerprint density at radius 3 is 2.22 bits per heavy atom. The van der Waals surface area contributed by atoms with Gasteiger partial charge >= 0.3 is 6.18 Å². The maximum Gasteiger partial charge on any atom is 0.416 e. The van der Waals surface area contributed by atoms with Crippen LogP contribution in [-0.4, -0.2) is 18.8 Å². The SMILES string of the molecule is COCC(O)(c1cccc(C(F)(F)F)c1)C(C)C. The Kier molecular flexibility index (Phi) is 4.40. The van der Waals surface area contributed by atoms with Crippen LogP contribution in [0.1, 0.15) is 25.0 Å². The zero-order valence-corrected chi connectivity index (χ0v) is 10.6. The summed E-state index contributed by atoms with van der Waals surface area (Å²) in [5, 5.41) is 10.5. The standard InChI is InChI=1S/C13H17F3O2/c1-9(2)12(17,8-18-3)10-5-4-6-11(7-10)13(14,15)16/h4-7,9,17H,8H2,1-3H3. The first-order valence-corrected chi connectivity index (χ1v) is 5.61. The number of hydrogen-bond donors (Lipinski definition) is 1. The number of alkyl halides is 3. The first kappa shape index (κ1) is 15.0. The van der Waals surface area contributed by atoms with E-state index in [-0.39, 0.29) is 18.1 Å². The summed E-state index contributed by atoms with van der Waals surface area (Å²) < 4.78 is 42.8. The molecular weight excluding hydrogens is 245 g/mol. The molecule has 0 saturated heterocycles. The molecule has 1 unspecified atom stereocenters. The van der Waals surface area contributed by atoms with Crippen molar-refractivity contribution in [3.63, 3.8) is 0 Å². The fourth-order valence-electron chi connectivity index (χ4n) is 1.77. The zero-order valence-electron chi connectivity index (χ0n) is 10.6. The number of ether oxygens (including phenoxy) is 1. The number of rotatable bonds is 4. The number of benzene rings is 1. The average Bonchev–Trinajstić information content (AvgIpc) is 2.28. The van der Waals surface area contributed by atoms with E-state index in [4.69, 9.17) is 4.74 Å². The summed E-state index contributed by atoms with van der Waals surface area (Å²) in [6, 6.07) is 4.73. The Morgan fingerprint density at radius 1 is 1.22 bits per heavy atom. The number of aliphatic hydroxyl groups is 1. The van der Waals surface area contributed by atoms with E-state index in [0.29, 0.717) is 0 Å². The van der Waals surface area contributed by atoms with E-state index in [2.05, 4.69) is 0 Å². The summed E-state index contributed by atoms with van der Waals surface area (Å²) in [6.45, 7) is 3.42. The van der Waals surface area contributed by atoms with Crippen molar-refractivity contribution in [3.05, 3.63) is 35.4 Å². The number of halogens is 3. The van der Waals surface area contributed by atoms with Gasteiger partial charge < -0.3 is 9.84 Å². The minimum Gasteiger partial charge on any atom is -0.382 e. The molecule has 0 fully saturated rings. The lowest BCUT2D eigenvalue weighted by Gasteiger charge is -2.32. The van der Waals surface area contributed by atoms with Gasteiger partial charge in [-0.1, -0.05) is 26.0 Å². The lowest BCUT2D eigenvalue weighted by atomic mass is 9.83. The van der Waals surface area contributed by atoms with Crippen molar-refractivity contribution >= 4 is 0 Å². The molecule has 5 heteroatoms. The van der Waals surface area contributed by atoms with Gasteiger partial charge in [-0.15, -0.1) is 0 Å². The van der Waals surface area contributed by atoms with Gasteiger partial charge in [-0.25, -0.2) is 0 Å². The van der Waals surface area contributed by atoms with Crippen LogP contribution in [0, 0.1) is 5.92 Å². The van der Waals surface area contributed by atoms with Crippen molar-refractivity contribution in [2.45, 2.75) is 25.6 Å². The first-order chi connectivity index (χ1) is 8.21. The maximum absolute atomic E-state index is 12.6. The minimum absolute atomic E-state index is 0.0496. The van der Waals surface area contributed by atoms with Gasteiger partial charge in [0.15, 0.2) is 0 Å². The maximum atomic E-state index is 12.6. The third-order valence-corrected chi connectivity index (χ3v) is 3.01. The Labute approximate surface area is 104 Å². The molecule has 0 aliphatic heterocycles. The summed E-state index contributed by atoms with van der Waals surface area (Å²) >= 11 is 0. The predicted molar refractivity (Wildman–Crippen MR) is 62.1 cm³/mol. The van der Waals surface area contributed by atoms with Gasteiger partial charge in [-0.05, 0) is 23.6 Å². The molecular formula is C13H17F3O2. The average molecular weight is 262 g/mol. The van der Waals surface area contributed by atoms with Crippen LogP contribution in [0.25, 0.3) is 0 Å². The minimum atomic E-state index is -4.42. The van der Waals surface area contributed by atoms with Gasteiger partial charge in [0.1, 0.15) is 5.60 Å². The number of hydrogen-bond acceptors (Lipinski definition) is 2. The van der Waals surface area contributed by atoms with Crippen LogP contribution in [0.4, 0.5) is 13.2 Å². The van der Waals surface area contributed by atoms with E-state index < -0.39 is 17.3 Å². The van der Waals surface area contributed by atoms with E-state index >= 15 is 0 Å². The molecule has 1 rings (SSSR count). The molecule has 0 aliphatic carbocycles. The summed E-state index contributed by atoms with van der Waals surface area (Å²) in [5.41, 5.74) is -1.97. The van der Waals surface area contributed by atoms with E-state index in [9.17, 15) is 18.3 Å². The summed E-state index contributed by atoms with van der Waals surface area (Å²) in [5.74, 6) is -0.263. The lowest BCUT2D eigenvalue weighted by molar-refractivity contribution is -0.138. The van der Waals surface area contributed by atoms with E-state index in [1.54, 1.807) is 13.8 Å². The van der Waals surface area contributed by atoms with Crippen LogP contribution in [0.5, 0.6) is 0 Å². The highest BCUT2D eigenvalue weighted by molar-refractivity contribution is 5.30. The van der Waals surface area contributed by atoms with Crippen molar-refractivity contribution in [1.82, 2.24) is 0 Å². The van der Waals surface area contributed by atoms with Crippen LogP contribution in [0.2, 0.25) is 0 Å². The molecule has 0 saturated carbocycles. The Hall–Kier alpha value is -1.07. The zero-order chi connectivity index (χ0) is 14.0. The molecule has 1 aromatic rings. The quantitative estimate of drug-likeness (QED) is 0.903. The fraction of sp³-hybridized carbons (Fsp3) is 0.538. The second-order valence-electron chi connectivity index (χ2n) is 4.59. The molecule has 0 spiro atoms. The third kappa shape index (κ3) is 3.03. The normalized spacial score (nSPS) is 15.8. The molecule has 102 valence electrons. The smallest absolute Gasteiger partial charge is 0.382 e. The van der Waals surface area contributed by atoms with E-state index in [1.165, 1.54) is 19.2 Å². The van der Waals surface area contributed by atoms with E-state index in [0.717, 1.165) is 12.1 Å². The third-order valence-electron chi connectivity index (χ3n) is 3.01. The van der Waals surface area contributed by atoms with Gasteiger partial charge in [-0.2, -0.15) is 13.2 Å². The highest BCUT2D eigenvalue weighted by Crippen LogP contribution is 2.35. The van der Waals surface area contributed by atoms with Crippen LogP contribution < -0.4 is 0 Å². The molecule has 0 bridgehead atoms. The molecule has 18 heavy (non-hydrogen) atoms. The second-order valence-corrected chi connectivity index (χ2v) is 4.59.